The lowest BCUT2D eigenvalue weighted by molar-refractivity contribution is -0.130. The quantitative estimate of drug-likeness (QED) is 0.330. The molecule has 1 aliphatic heterocycles. The van der Waals surface area contributed by atoms with E-state index in [1.165, 1.54) is 6.08 Å². The molecule has 34 heavy (non-hydrogen) atoms. The summed E-state index contributed by atoms with van der Waals surface area (Å²) in [6, 6.07) is 11.3. The Balaban J connectivity index is 1.88. The number of hydrogen-bond donors (Lipinski definition) is 1. The first-order valence-electron chi connectivity index (χ1n) is 10.9. The second-order valence-electron chi connectivity index (χ2n) is 7.30. The van der Waals surface area contributed by atoms with E-state index in [-0.39, 0.29) is 18.7 Å². The molecule has 1 fully saturated rings. The van der Waals surface area contributed by atoms with Gasteiger partial charge in [0.1, 0.15) is 17.9 Å². The number of carbonyl (C=O) groups is 3. The monoisotopic (exact) mass is 462 g/mol. The van der Waals surface area contributed by atoms with Gasteiger partial charge in [-0.05, 0) is 43.2 Å². The van der Waals surface area contributed by atoms with Crippen molar-refractivity contribution in [3.8, 4) is 29.6 Å². The zero-order chi connectivity index (χ0) is 24.5. The predicted molar refractivity (Wildman–Crippen MR) is 126 cm³/mol. The SMILES string of the molecule is C#CCOc1ccccc1/C=C1\C(=O)NC(=O)N(Cc2ccc(OCCC)c(OCC)c2)C1=O. The molecule has 2 aromatic carbocycles. The number of carbonyl (C=O) groups excluding carboxylic acids is 3. The minimum atomic E-state index is -0.798. The number of rotatable bonds is 10. The molecule has 0 saturated carbocycles. The smallest absolute Gasteiger partial charge is 0.331 e. The molecule has 8 heteroatoms. The van der Waals surface area contributed by atoms with E-state index in [1.54, 1.807) is 42.5 Å². The number of hydrogen-bond acceptors (Lipinski definition) is 6. The van der Waals surface area contributed by atoms with Gasteiger partial charge in [-0.25, -0.2) is 4.79 Å². The van der Waals surface area contributed by atoms with Crippen molar-refractivity contribution in [2.24, 2.45) is 0 Å². The van der Waals surface area contributed by atoms with Crippen LogP contribution in [0.5, 0.6) is 17.2 Å². The summed E-state index contributed by atoms with van der Waals surface area (Å²) in [5.41, 5.74) is 0.938. The van der Waals surface area contributed by atoms with Gasteiger partial charge < -0.3 is 14.2 Å². The molecular formula is C26H26N2O6. The van der Waals surface area contributed by atoms with Crippen LogP contribution in [0.1, 0.15) is 31.4 Å². The van der Waals surface area contributed by atoms with Crippen LogP contribution in [-0.4, -0.2) is 42.6 Å². The number of imide groups is 2. The molecule has 0 bridgehead atoms. The lowest BCUT2D eigenvalue weighted by atomic mass is 10.1. The lowest BCUT2D eigenvalue weighted by Crippen LogP contribution is -2.53. The van der Waals surface area contributed by atoms with Gasteiger partial charge in [0, 0.05) is 5.56 Å². The number of ether oxygens (including phenoxy) is 3. The fourth-order valence-corrected chi connectivity index (χ4v) is 3.28. The molecule has 1 heterocycles. The first-order valence-corrected chi connectivity index (χ1v) is 10.9. The van der Waals surface area contributed by atoms with E-state index in [1.807, 2.05) is 13.8 Å². The summed E-state index contributed by atoms with van der Waals surface area (Å²) in [7, 11) is 0. The maximum Gasteiger partial charge on any atom is 0.331 e. The van der Waals surface area contributed by atoms with E-state index in [0.717, 1.165) is 11.3 Å². The Kier molecular flexibility index (Phi) is 8.30. The van der Waals surface area contributed by atoms with Crippen molar-refractivity contribution >= 4 is 23.9 Å². The fraction of sp³-hybridized carbons (Fsp3) is 0.269. The van der Waals surface area contributed by atoms with Gasteiger partial charge in [-0.2, -0.15) is 0 Å². The molecule has 0 aliphatic carbocycles. The number of nitrogens with one attached hydrogen (secondary N) is 1. The van der Waals surface area contributed by atoms with Crippen LogP contribution >= 0.6 is 0 Å². The number of nitrogens with zero attached hydrogens (tertiary/aromatic N) is 1. The van der Waals surface area contributed by atoms with E-state index in [9.17, 15) is 14.4 Å². The summed E-state index contributed by atoms with van der Waals surface area (Å²) in [6.07, 6.45) is 7.48. The minimum Gasteiger partial charge on any atom is -0.490 e. The van der Waals surface area contributed by atoms with E-state index in [4.69, 9.17) is 20.6 Å². The highest BCUT2D eigenvalue weighted by molar-refractivity contribution is 6.31. The van der Waals surface area contributed by atoms with Crippen molar-refractivity contribution < 1.29 is 28.6 Å². The molecule has 1 N–H and O–H groups in total. The van der Waals surface area contributed by atoms with Crippen LogP contribution in [0.15, 0.2) is 48.0 Å². The van der Waals surface area contributed by atoms with Crippen LogP contribution < -0.4 is 19.5 Å². The zero-order valence-corrected chi connectivity index (χ0v) is 19.1. The van der Waals surface area contributed by atoms with Gasteiger partial charge in [0.05, 0.1) is 19.8 Å². The van der Waals surface area contributed by atoms with Crippen molar-refractivity contribution in [1.29, 1.82) is 0 Å². The molecule has 2 aromatic rings. The maximum atomic E-state index is 13.1. The number of amides is 4. The second-order valence-corrected chi connectivity index (χ2v) is 7.30. The normalized spacial score (nSPS) is 14.6. The van der Waals surface area contributed by atoms with Crippen LogP contribution in [0.3, 0.4) is 0 Å². The standard InChI is InChI=1S/C26H26N2O6/c1-4-13-33-21-10-8-7-9-19(21)16-20-24(29)27-26(31)28(25(20)30)17-18-11-12-22(34-14-5-2)23(15-18)32-6-3/h1,7-12,15-16H,5-6,13-14,17H2,2-3H3,(H,27,29,31)/b20-16+. The van der Waals surface area contributed by atoms with Crippen LogP contribution in [0.25, 0.3) is 6.08 Å². The summed E-state index contributed by atoms with van der Waals surface area (Å²) in [4.78, 5) is 39.1. The van der Waals surface area contributed by atoms with Gasteiger partial charge in [0.25, 0.3) is 11.8 Å². The molecule has 0 atom stereocenters. The lowest BCUT2D eigenvalue weighted by Gasteiger charge is -2.26. The number of para-hydroxylation sites is 1. The third-order valence-corrected chi connectivity index (χ3v) is 4.83. The molecule has 4 amide bonds. The summed E-state index contributed by atoms with van der Waals surface area (Å²) in [5, 5.41) is 2.22. The highest BCUT2D eigenvalue weighted by Crippen LogP contribution is 2.30. The first-order chi connectivity index (χ1) is 16.5. The summed E-state index contributed by atoms with van der Waals surface area (Å²) >= 11 is 0. The Morgan fingerprint density at radius 2 is 1.79 bits per heavy atom. The van der Waals surface area contributed by atoms with Gasteiger partial charge in [0.2, 0.25) is 0 Å². The molecule has 0 radical (unpaired) electrons. The molecule has 176 valence electrons. The van der Waals surface area contributed by atoms with Crippen molar-refractivity contribution in [2.75, 3.05) is 19.8 Å². The van der Waals surface area contributed by atoms with Gasteiger partial charge in [-0.1, -0.05) is 37.1 Å². The largest absolute Gasteiger partial charge is 0.490 e. The van der Waals surface area contributed by atoms with Crippen molar-refractivity contribution in [1.82, 2.24) is 10.2 Å². The van der Waals surface area contributed by atoms with Crippen LogP contribution in [0, 0.1) is 12.3 Å². The maximum absolute atomic E-state index is 13.1. The average Bonchev–Trinajstić information content (AvgIpc) is 2.83. The minimum absolute atomic E-state index is 0.0328. The predicted octanol–water partition coefficient (Wildman–Crippen LogP) is 3.55. The van der Waals surface area contributed by atoms with Crippen molar-refractivity contribution in [3.63, 3.8) is 0 Å². The molecule has 0 spiro atoms. The third kappa shape index (κ3) is 5.75. The van der Waals surface area contributed by atoms with E-state index < -0.39 is 17.8 Å². The highest BCUT2D eigenvalue weighted by Gasteiger charge is 2.36. The second kappa shape index (κ2) is 11.6. The number of terminal acetylenes is 1. The van der Waals surface area contributed by atoms with E-state index in [0.29, 0.717) is 41.6 Å². The van der Waals surface area contributed by atoms with Gasteiger partial charge >= 0.3 is 6.03 Å². The molecule has 0 unspecified atom stereocenters. The fourth-order valence-electron chi connectivity index (χ4n) is 3.28. The van der Waals surface area contributed by atoms with Crippen LogP contribution in [0.4, 0.5) is 4.79 Å². The van der Waals surface area contributed by atoms with Crippen LogP contribution in [-0.2, 0) is 16.1 Å². The van der Waals surface area contributed by atoms with E-state index >= 15 is 0 Å². The van der Waals surface area contributed by atoms with Gasteiger partial charge in [-0.3, -0.25) is 19.8 Å². The number of barbiturate groups is 1. The Morgan fingerprint density at radius 1 is 1.00 bits per heavy atom. The molecule has 1 aliphatic rings. The third-order valence-electron chi connectivity index (χ3n) is 4.83. The summed E-state index contributed by atoms with van der Waals surface area (Å²) in [6.45, 7) is 4.80. The molecule has 0 aromatic heterocycles. The molecule has 8 nitrogen and oxygen atoms in total. The Hall–Kier alpha value is -4.25. The summed E-state index contributed by atoms with van der Waals surface area (Å²) in [5.74, 6) is 2.39. The molecular weight excluding hydrogens is 436 g/mol. The summed E-state index contributed by atoms with van der Waals surface area (Å²) < 4.78 is 16.8. The van der Waals surface area contributed by atoms with E-state index in [2.05, 4.69) is 11.2 Å². The zero-order valence-electron chi connectivity index (χ0n) is 19.1. The first kappa shape index (κ1) is 24.4. The highest BCUT2D eigenvalue weighted by atomic mass is 16.5. The van der Waals surface area contributed by atoms with Gasteiger partial charge in [0.15, 0.2) is 11.5 Å². The molecule has 3 rings (SSSR count). The Labute approximate surface area is 198 Å². The van der Waals surface area contributed by atoms with Crippen molar-refractivity contribution in [2.45, 2.75) is 26.8 Å². The van der Waals surface area contributed by atoms with Crippen molar-refractivity contribution in [3.05, 3.63) is 59.2 Å². The topological polar surface area (TPSA) is 94.2 Å². The van der Waals surface area contributed by atoms with Crippen LogP contribution in [0.2, 0.25) is 0 Å². The Morgan fingerprint density at radius 3 is 2.53 bits per heavy atom. The number of benzene rings is 2. The number of urea groups is 1. The average molecular weight is 463 g/mol. The van der Waals surface area contributed by atoms with Gasteiger partial charge in [-0.15, -0.1) is 6.42 Å². The Bertz CT molecular complexity index is 1150. The molecule has 1 saturated heterocycles.